The molecule has 0 unspecified atom stereocenters. The molecule has 2 aromatic rings. The molecule has 0 aromatic heterocycles. The number of hydrogen-bond acceptors (Lipinski definition) is 0. The van der Waals surface area contributed by atoms with Gasteiger partial charge in [0.25, 0.3) is 0 Å². The fourth-order valence-electron chi connectivity index (χ4n) is 5.43. The zero-order chi connectivity index (χ0) is 23.0. The molecule has 2 aromatic carbocycles. The summed E-state index contributed by atoms with van der Waals surface area (Å²) in [5.74, 6) is 0. The van der Waals surface area contributed by atoms with E-state index in [0.29, 0.717) is 0 Å². The van der Waals surface area contributed by atoms with E-state index >= 15 is 0 Å². The lowest BCUT2D eigenvalue weighted by Gasteiger charge is -2.14. The predicted octanol–water partition coefficient (Wildman–Crippen LogP) is 10.3. The Bertz CT molecular complexity index is 755. The molecule has 0 radical (unpaired) electrons. The maximum Gasteiger partial charge on any atom is -0.00256 e. The largest absolute Gasteiger partial charge is 0.0850 e. The molecule has 0 nitrogen and oxygen atoms in total. The molecule has 0 spiro atoms. The van der Waals surface area contributed by atoms with Crippen molar-refractivity contribution in [1.82, 2.24) is 0 Å². The molecule has 0 heteroatoms. The normalized spacial score (nSPS) is 18.2. The van der Waals surface area contributed by atoms with Gasteiger partial charge in [0.05, 0.1) is 0 Å². The summed E-state index contributed by atoms with van der Waals surface area (Å²) in [4.78, 5) is 0. The lowest BCUT2D eigenvalue weighted by atomic mass is 9.92. The number of benzene rings is 2. The first-order chi connectivity index (χ1) is 16.3. The molecule has 0 bridgehead atoms. The van der Waals surface area contributed by atoms with Crippen LogP contribution in [0.25, 0.3) is 0 Å². The van der Waals surface area contributed by atoms with Crippen LogP contribution in [-0.4, -0.2) is 0 Å². The van der Waals surface area contributed by atoms with E-state index in [1.807, 2.05) is 0 Å². The lowest BCUT2D eigenvalue weighted by Crippen LogP contribution is -1.98. The number of hydrogen-bond donors (Lipinski definition) is 0. The van der Waals surface area contributed by atoms with Gasteiger partial charge in [-0.2, -0.15) is 0 Å². The summed E-state index contributed by atoms with van der Waals surface area (Å²) in [6, 6.07) is 17.8. The van der Waals surface area contributed by atoms with Gasteiger partial charge in [-0.05, 0) is 62.1 Å². The molecular weight excluding hydrogens is 396 g/mol. The van der Waals surface area contributed by atoms with Crippen LogP contribution in [0.5, 0.6) is 0 Å². The Hall–Kier alpha value is -1.82. The molecule has 0 aliphatic heterocycles. The molecule has 2 fully saturated rings. The van der Waals surface area contributed by atoms with E-state index in [2.05, 4.69) is 61.5 Å². The van der Waals surface area contributed by atoms with Gasteiger partial charge in [-0.15, -0.1) is 0 Å². The standard InChI is InChI=1S/C21H24.2C6H12/c1-17-12-20(14-18-8-4-2-5-9-18)16-21(13-17)15-19-10-6-3-7-11-19;2*1-2-4-6-5-3-1/h2,4-5,8-10,12-13,16H,3,6-7,11,14-15H2,1H3;2*1-6H2. The van der Waals surface area contributed by atoms with Gasteiger partial charge in [0.1, 0.15) is 0 Å². The van der Waals surface area contributed by atoms with E-state index in [1.54, 1.807) is 5.57 Å². The molecular formula is C33H48. The van der Waals surface area contributed by atoms with Crippen molar-refractivity contribution in [3.05, 3.63) is 82.4 Å². The summed E-state index contributed by atoms with van der Waals surface area (Å²) >= 11 is 0. The smallest absolute Gasteiger partial charge is 0.00256 e. The summed E-state index contributed by atoms with van der Waals surface area (Å²) in [5.41, 5.74) is 7.33. The molecule has 180 valence electrons. The highest BCUT2D eigenvalue weighted by Crippen LogP contribution is 2.23. The number of rotatable bonds is 4. The monoisotopic (exact) mass is 444 g/mol. The second-order valence-electron chi connectivity index (χ2n) is 10.5. The minimum atomic E-state index is 1.04. The molecule has 0 saturated heterocycles. The maximum atomic E-state index is 2.46. The van der Waals surface area contributed by atoms with E-state index in [4.69, 9.17) is 0 Å². The van der Waals surface area contributed by atoms with Crippen LogP contribution in [0.3, 0.4) is 0 Å². The minimum Gasteiger partial charge on any atom is -0.0850 e. The first-order valence-corrected chi connectivity index (χ1v) is 14.1. The van der Waals surface area contributed by atoms with E-state index in [9.17, 15) is 0 Å². The summed E-state index contributed by atoms with van der Waals surface area (Å²) in [5, 5.41) is 0. The van der Waals surface area contributed by atoms with Crippen LogP contribution in [0.1, 0.15) is 125 Å². The van der Waals surface area contributed by atoms with Crippen LogP contribution in [0, 0.1) is 6.92 Å². The molecule has 0 atom stereocenters. The van der Waals surface area contributed by atoms with Crippen molar-refractivity contribution in [3.8, 4) is 0 Å². The highest BCUT2D eigenvalue weighted by atomic mass is 14.1. The predicted molar refractivity (Wildman–Crippen MR) is 146 cm³/mol. The minimum absolute atomic E-state index is 1.04. The Morgan fingerprint density at radius 3 is 1.52 bits per heavy atom. The van der Waals surface area contributed by atoms with Crippen molar-refractivity contribution >= 4 is 0 Å². The quantitative estimate of drug-likeness (QED) is 0.411. The van der Waals surface area contributed by atoms with E-state index < -0.39 is 0 Å². The third-order valence-corrected chi connectivity index (χ3v) is 7.26. The van der Waals surface area contributed by atoms with Crippen molar-refractivity contribution in [2.24, 2.45) is 0 Å². The van der Waals surface area contributed by atoms with Crippen molar-refractivity contribution in [1.29, 1.82) is 0 Å². The van der Waals surface area contributed by atoms with E-state index in [0.717, 1.165) is 12.8 Å². The lowest BCUT2D eigenvalue weighted by molar-refractivity contribution is 0.504. The van der Waals surface area contributed by atoms with Crippen LogP contribution in [0.2, 0.25) is 0 Å². The molecule has 3 aliphatic carbocycles. The Labute approximate surface area is 204 Å². The molecule has 33 heavy (non-hydrogen) atoms. The fraction of sp³-hybridized carbons (Fsp3) is 0.576. The van der Waals surface area contributed by atoms with Crippen LogP contribution < -0.4 is 0 Å². The molecule has 0 heterocycles. The van der Waals surface area contributed by atoms with Crippen molar-refractivity contribution in [2.45, 2.75) is 122 Å². The van der Waals surface area contributed by atoms with Gasteiger partial charge in [-0.25, -0.2) is 0 Å². The van der Waals surface area contributed by atoms with E-state index in [1.165, 1.54) is 125 Å². The summed E-state index contributed by atoms with van der Waals surface area (Å²) in [6.07, 6.45) is 28.0. The molecule has 2 saturated carbocycles. The SMILES string of the molecule is C1CCCCC1.C1CCCCC1.Cc1cc(CC2=CCCCC2)cc(Cc2ccccc2)c1. The summed E-state index contributed by atoms with van der Waals surface area (Å²) in [7, 11) is 0. The second kappa shape index (κ2) is 15.9. The van der Waals surface area contributed by atoms with Gasteiger partial charge in [-0.3, -0.25) is 0 Å². The van der Waals surface area contributed by atoms with Crippen LogP contribution in [-0.2, 0) is 12.8 Å². The zero-order valence-electron chi connectivity index (χ0n) is 21.4. The third-order valence-electron chi connectivity index (χ3n) is 7.26. The van der Waals surface area contributed by atoms with Crippen molar-refractivity contribution in [2.75, 3.05) is 0 Å². The Kier molecular flexibility index (Phi) is 12.4. The summed E-state index contributed by atoms with van der Waals surface area (Å²) in [6.45, 7) is 2.22. The third kappa shape index (κ3) is 11.2. The maximum absolute atomic E-state index is 2.46. The van der Waals surface area contributed by atoms with Gasteiger partial charge in [-0.1, -0.05) is 143 Å². The van der Waals surface area contributed by atoms with Gasteiger partial charge in [0.2, 0.25) is 0 Å². The van der Waals surface area contributed by atoms with Crippen LogP contribution in [0.15, 0.2) is 60.2 Å². The Morgan fingerprint density at radius 2 is 1.03 bits per heavy atom. The first-order valence-electron chi connectivity index (χ1n) is 14.1. The molecule has 3 aliphatic rings. The molecule has 0 amide bonds. The number of aryl methyl sites for hydroxylation is 1. The van der Waals surface area contributed by atoms with Crippen LogP contribution in [0.4, 0.5) is 0 Å². The van der Waals surface area contributed by atoms with Gasteiger partial charge < -0.3 is 0 Å². The van der Waals surface area contributed by atoms with Crippen molar-refractivity contribution < 1.29 is 0 Å². The van der Waals surface area contributed by atoms with Crippen molar-refractivity contribution in [3.63, 3.8) is 0 Å². The topological polar surface area (TPSA) is 0 Å². The molecule has 5 rings (SSSR count). The van der Waals surface area contributed by atoms with Gasteiger partial charge in [0.15, 0.2) is 0 Å². The highest BCUT2D eigenvalue weighted by molar-refractivity contribution is 5.35. The van der Waals surface area contributed by atoms with E-state index in [-0.39, 0.29) is 0 Å². The zero-order valence-corrected chi connectivity index (χ0v) is 21.4. The second-order valence-corrected chi connectivity index (χ2v) is 10.5. The van der Waals surface area contributed by atoms with Gasteiger partial charge in [0, 0.05) is 0 Å². The van der Waals surface area contributed by atoms with Gasteiger partial charge >= 0.3 is 0 Å². The van der Waals surface area contributed by atoms with Crippen LogP contribution >= 0.6 is 0 Å². The Balaban J connectivity index is 0.000000207. The Morgan fingerprint density at radius 1 is 0.515 bits per heavy atom. The average molecular weight is 445 g/mol. The average Bonchev–Trinajstić information content (AvgIpc) is 2.88. The highest BCUT2D eigenvalue weighted by Gasteiger charge is 2.06. The fourth-order valence-corrected chi connectivity index (χ4v) is 5.43. The first kappa shape index (κ1) is 25.8. The molecule has 0 N–H and O–H groups in total. The summed E-state index contributed by atoms with van der Waals surface area (Å²) < 4.78 is 0. The number of allylic oxidation sites excluding steroid dienone is 2.